The summed E-state index contributed by atoms with van der Waals surface area (Å²) in [6, 6.07) is 6.43. The van der Waals surface area contributed by atoms with Gasteiger partial charge in [-0.05, 0) is 17.5 Å². The molecular weight excluding hydrogens is 208 g/mol. The minimum absolute atomic E-state index is 0.306. The van der Waals surface area contributed by atoms with E-state index in [-0.39, 0.29) is 0 Å². The van der Waals surface area contributed by atoms with Crippen LogP contribution in [-0.2, 0) is 11.2 Å². The van der Waals surface area contributed by atoms with Gasteiger partial charge in [0.15, 0.2) is 0 Å². The lowest BCUT2D eigenvalue weighted by molar-refractivity contribution is -0.123. The highest BCUT2D eigenvalue weighted by Gasteiger charge is 2.34. The first-order chi connectivity index (χ1) is 7.61. The zero-order valence-corrected chi connectivity index (χ0v) is 8.59. The van der Waals surface area contributed by atoms with Crippen LogP contribution in [0.15, 0.2) is 24.3 Å². The van der Waals surface area contributed by atoms with Gasteiger partial charge in [-0.3, -0.25) is 9.69 Å². The van der Waals surface area contributed by atoms with Crippen LogP contribution in [0.1, 0.15) is 17.2 Å². The molecule has 2 rings (SSSR count). The molecule has 0 spiro atoms. The van der Waals surface area contributed by atoms with E-state index in [1.807, 2.05) is 12.1 Å². The molecule has 0 saturated heterocycles. The largest absolute Gasteiger partial charge is 0.465 e. The van der Waals surface area contributed by atoms with Gasteiger partial charge in [0.05, 0.1) is 0 Å². The van der Waals surface area contributed by atoms with Gasteiger partial charge < -0.3 is 10.8 Å². The minimum Gasteiger partial charge on any atom is -0.465 e. The number of nitrogens with two attached hydrogens (primary N) is 1. The third-order valence-corrected chi connectivity index (χ3v) is 2.80. The first-order valence-corrected chi connectivity index (χ1v) is 4.98. The van der Waals surface area contributed by atoms with Gasteiger partial charge in [0, 0.05) is 6.54 Å². The smallest absolute Gasteiger partial charge is 0.408 e. The van der Waals surface area contributed by atoms with Gasteiger partial charge >= 0.3 is 6.09 Å². The molecule has 0 radical (unpaired) electrons. The molecule has 0 saturated carbocycles. The molecule has 5 heteroatoms. The second kappa shape index (κ2) is 3.84. The highest BCUT2D eigenvalue weighted by molar-refractivity contribution is 5.86. The second-order valence-electron chi connectivity index (χ2n) is 3.73. The Morgan fingerprint density at radius 1 is 1.38 bits per heavy atom. The molecule has 1 aromatic carbocycles. The molecule has 3 N–H and O–H groups in total. The highest BCUT2D eigenvalue weighted by atomic mass is 16.4. The van der Waals surface area contributed by atoms with E-state index in [0.29, 0.717) is 18.5 Å². The maximum absolute atomic E-state index is 11.3. The number of nitrogens with zero attached hydrogens (tertiary/aromatic N) is 1. The first kappa shape index (κ1) is 10.5. The van der Waals surface area contributed by atoms with Crippen LogP contribution in [0.5, 0.6) is 0 Å². The summed E-state index contributed by atoms with van der Waals surface area (Å²) in [7, 11) is 0. The van der Waals surface area contributed by atoms with Crippen LogP contribution in [0.25, 0.3) is 0 Å². The number of primary amides is 1. The normalized spacial score (nSPS) is 19.0. The number of carbonyl (C=O) groups is 2. The number of benzene rings is 1. The molecule has 1 atom stereocenters. The molecule has 1 aliphatic heterocycles. The van der Waals surface area contributed by atoms with E-state index < -0.39 is 18.0 Å². The fourth-order valence-corrected chi connectivity index (χ4v) is 2.08. The first-order valence-electron chi connectivity index (χ1n) is 4.98. The number of amides is 2. The summed E-state index contributed by atoms with van der Waals surface area (Å²) >= 11 is 0. The van der Waals surface area contributed by atoms with Crippen molar-refractivity contribution in [2.75, 3.05) is 6.54 Å². The fourth-order valence-electron chi connectivity index (χ4n) is 2.08. The molecule has 0 aromatic heterocycles. The molecule has 84 valence electrons. The average molecular weight is 220 g/mol. The monoisotopic (exact) mass is 220 g/mol. The number of hydrogen-bond acceptors (Lipinski definition) is 2. The Morgan fingerprint density at radius 3 is 2.69 bits per heavy atom. The zero-order chi connectivity index (χ0) is 11.7. The third kappa shape index (κ3) is 1.60. The predicted octanol–water partition coefficient (Wildman–Crippen LogP) is 0.749. The number of carboxylic acid groups (broad SMARTS) is 1. The van der Waals surface area contributed by atoms with Gasteiger partial charge in [0.1, 0.15) is 6.04 Å². The predicted molar refractivity (Wildman–Crippen MR) is 56.8 cm³/mol. The van der Waals surface area contributed by atoms with Gasteiger partial charge in [-0.25, -0.2) is 4.79 Å². The lowest BCUT2D eigenvalue weighted by Gasteiger charge is -2.33. The van der Waals surface area contributed by atoms with Crippen LogP contribution in [0.2, 0.25) is 0 Å². The quantitative estimate of drug-likeness (QED) is 0.732. The van der Waals surface area contributed by atoms with Crippen molar-refractivity contribution in [3.05, 3.63) is 35.4 Å². The molecule has 16 heavy (non-hydrogen) atoms. The summed E-state index contributed by atoms with van der Waals surface area (Å²) in [6.45, 7) is 0.306. The van der Waals surface area contributed by atoms with Crippen molar-refractivity contribution in [1.82, 2.24) is 4.90 Å². The van der Waals surface area contributed by atoms with Crippen LogP contribution in [0.4, 0.5) is 4.79 Å². The van der Waals surface area contributed by atoms with Gasteiger partial charge in [0.25, 0.3) is 0 Å². The van der Waals surface area contributed by atoms with Crippen molar-refractivity contribution in [1.29, 1.82) is 0 Å². The second-order valence-corrected chi connectivity index (χ2v) is 3.73. The van der Waals surface area contributed by atoms with Crippen molar-refractivity contribution in [3.8, 4) is 0 Å². The van der Waals surface area contributed by atoms with E-state index in [9.17, 15) is 9.59 Å². The van der Waals surface area contributed by atoms with Gasteiger partial charge in [-0.2, -0.15) is 0 Å². The Labute approximate surface area is 92.5 Å². The summed E-state index contributed by atoms with van der Waals surface area (Å²) < 4.78 is 0. The summed E-state index contributed by atoms with van der Waals surface area (Å²) in [5.74, 6) is -0.630. The van der Waals surface area contributed by atoms with E-state index in [1.165, 1.54) is 0 Å². The molecule has 2 amide bonds. The van der Waals surface area contributed by atoms with Crippen molar-refractivity contribution in [2.24, 2.45) is 5.73 Å². The van der Waals surface area contributed by atoms with Crippen molar-refractivity contribution >= 4 is 12.0 Å². The molecule has 5 nitrogen and oxygen atoms in total. The van der Waals surface area contributed by atoms with E-state index in [0.717, 1.165) is 10.5 Å². The molecule has 1 heterocycles. The van der Waals surface area contributed by atoms with Crippen LogP contribution in [-0.4, -0.2) is 28.6 Å². The van der Waals surface area contributed by atoms with Crippen molar-refractivity contribution < 1.29 is 14.7 Å². The van der Waals surface area contributed by atoms with Crippen LogP contribution in [0.3, 0.4) is 0 Å². The van der Waals surface area contributed by atoms with Crippen molar-refractivity contribution in [3.63, 3.8) is 0 Å². The third-order valence-electron chi connectivity index (χ3n) is 2.80. The number of rotatable bonds is 1. The Kier molecular flexibility index (Phi) is 2.52. The van der Waals surface area contributed by atoms with E-state index in [4.69, 9.17) is 10.8 Å². The van der Waals surface area contributed by atoms with Crippen LogP contribution >= 0.6 is 0 Å². The van der Waals surface area contributed by atoms with E-state index >= 15 is 0 Å². The van der Waals surface area contributed by atoms with Crippen LogP contribution < -0.4 is 5.73 Å². The lowest BCUT2D eigenvalue weighted by Crippen LogP contribution is -2.45. The Hall–Kier alpha value is -2.04. The number of hydrogen-bond donors (Lipinski definition) is 2. The number of carbonyl (C=O) groups excluding carboxylic acids is 1. The van der Waals surface area contributed by atoms with E-state index in [2.05, 4.69) is 0 Å². The highest BCUT2D eigenvalue weighted by Crippen LogP contribution is 2.29. The molecule has 1 aliphatic rings. The zero-order valence-electron chi connectivity index (χ0n) is 8.59. The Balaban J connectivity index is 2.47. The SMILES string of the molecule is NC(=O)C1c2ccccc2CCN1C(=O)O. The molecule has 1 unspecified atom stereocenters. The molecule has 1 aromatic rings. The standard InChI is InChI=1S/C11H12N2O3/c12-10(14)9-8-4-2-1-3-7(8)5-6-13(9)11(15)16/h1-4,9H,5-6H2,(H2,12,14)(H,15,16). The minimum atomic E-state index is -1.11. The summed E-state index contributed by atoms with van der Waals surface area (Å²) in [6.07, 6.45) is -0.495. The molecule has 0 fully saturated rings. The van der Waals surface area contributed by atoms with E-state index in [1.54, 1.807) is 12.1 Å². The summed E-state index contributed by atoms with van der Waals surface area (Å²) in [4.78, 5) is 23.4. The maximum atomic E-state index is 11.3. The Morgan fingerprint density at radius 2 is 2.06 bits per heavy atom. The summed E-state index contributed by atoms with van der Waals surface area (Å²) in [5.41, 5.74) is 6.95. The molecule has 0 bridgehead atoms. The Bertz CT molecular complexity index is 445. The number of fused-ring (bicyclic) bond motifs is 1. The van der Waals surface area contributed by atoms with Gasteiger partial charge in [-0.1, -0.05) is 24.3 Å². The fraction of sp³-hybridized carbons (Fsp3) is 0.273. The summed E-state index contributed by atoms with van der Waals surface area (Å²) in [5, 5.41) is 9.00. The van der Waals surface area contributed by atoms with Gasteiger partial charge in [0.2, 0.25) is 5.91 Å². The topological polar surface area (TPSA) is 83.6 Å². The van der Waals surface area contributed by atoms with Gasteiger partial charge in [-0.15, -0.1) is 0 Å². The van der Waals surface area contributed by atoms with Crippen LogP contribution in [0, 0.1) is 0 Å². The lowest BCUT2D eigenvalue weighted by atomic mass is 9.92. The average Bonchev–Trinajstić information content (AvgIpc) is 2.27. The molecular formula is C11H12N2O3. The molecule has 0 aliphatic carbocycles. The van der Waals surface area contributed by atoms with Crippen molar-refractivity contribution in [2.45, 2.75) is 12.5 Å². The maximum Gasteiger partial charge on any atom is 0.408 e.